The topological polar surface area (TPSA) is 57.7 Å². The fourth-order valence-corrected chi connectivity index (χ4v) is 6.39. The molecule has 2 aliphatic heterocycles. The van der Waals surface area contributed by atoms with E-state index >= 15 is 0 Å². The largest absolute Gasteiger partial charge is 0.307 e. The molecule has 2 aromatic rings. The number of hydrogen-bond donors (Lipinski definition) is 0. The number of carbonyl (C=O) groups excluding carboxylic acids is 1. The van der Waals surface area contributed by atoms with Crippen LogP contribution in [0.1, 0.15) is 24.8 Å². The molecule has 0 radical (unpaired) electrons. The van der Waals surface area contributed by atoms with Gasteiger partial charge in [-0.3, -0.25) is 9.69 Å². The van der Waals surface area contributed by atoms with Gasteiger partial charge in [0.05, 0.1) is 24.1 Å². The first kappa shape index (κ1) is 21.1. The predicted molar refractivity (Wildman–Crippen MR) is 120 cm³/mol. The van der Waals surface area contributed by atoms with E-state index in [1.54, 1.807) is 4.90 Å². The summed E-state index contributed by atoms with van der Waals surface area (Å²) in [5.41, 5.74) is 2.17. The van der Waals surface area contributed by atoms with Gasteiger partial charge in [0, 0.05) is 5.69 Å². The Bertz CT molecular complexity index is 939. The van der Waals surface area contributed by atoms with E-state index in [1.165, 1.54) is 5.56 Å². The van der Waals surface area contributed by atoms with Gasteiger partial charge in [0.25, 0.3) is 0 Å². The van der Waals surface area contributed by atoms with Crippen molar-refractivity contribution in [2.45, 2.75) is 31.7 Å². The molecule has 5 nitrogen and oxygen atoms in total. The summed E-state index contributed by atoms with van der Waals surface area (Å²) in [7, 11) is -3.06. The number of sulfone groups is 1. The second-order valence-corrected chi connectivity index (χ2v) is 10.8. The van der Waals surface area contributed by atoms with Crippen LogP contribution in [0.5, 0.6) is 0 Å². The van der Waals surface area contributed by atoms with Crippen LogP contribution in [0.2, 0.25) is 0 Å². The number of para-hydroxylation sites is 1. The van der Waals surface area contributed by atoms with Gasteiger partial charge < -0.3 is 4.90 Å². The summed E-state index contributed by atoms with van der Waals surface area (Å²) in [5, 5.41) is 0. The number of amides is 1. The highest BCUT2D eigenvalue weighted by Gasteiger charge is 2.36. The van der Waals surface area contributed by atoms with Crippen LogP contribution in [0, 0.1) is 5.92 Å². The van der Waals surface area contributed by atoms with E-state index in [2.05, 4.69) is 29.2 Å². The van der Waals surface area contributed by atoms with Crippen LogP contribution in [-0.2, 0) is 21.1 Å². The van der Waals surface area contributed by atoms with Gasteiger partial charge >= 0.3 is 0 Å². The Kier molecular flexibility index (Phi) is 6.54. The lowest BCUT2D eigenvalue weighted by molar-refractivity contribution is -0.120. The van der Waals surface area contributed by atoms with Crippen molar-refractivity contribution in [2.24, 2.45) is 5.92 Å². The van der Waals surface area contributed by atoms with Gasteiger partial charge in [-0.05, 0) is 62.4 Å². The van der Waals surface area contributed by atoms with Crippen molar-refractivity contribution in [2.75, 3.05) is 36.0 Å². The molecule has 4 rings (SSSR count). The Hall–Kier alpha value is -2.18. The highest BCUT2D eigenvalue weighted by Crippen LogP contribution is 2.26. The summed E-state index contributed by atoms with van der Waals surface area (Å²) in [6, 6.07) is 19.8. The Balaban J connectivity index is 1.37. The van der Waals surface area contributed by atoms with Crippen molar-refractivity contribution < 1.29 is 13.2 Å². The molecule has 0 unspecified atom stereocenters. The molecule has 0 aliphatic carbocycles. The van der Waals surface area contributed by atoms with E-state index < -0.39 is 9.84 Å². The van der Waals surface area contributed by atoms with Gasteiger partial charge in [0.2, 0.25) is 5.91 Å². The molecule has 30 heavy (non-hydrogen) atoms. The van der Waals surface area contributed by atoms with Gasteiger partial charge in [-0.2, -0.15) is 0 Å². The fourth-order valence-electron chi connectivity index (χ4n) is 4.69. The summed E-state index contributed by atoms with van der Waals surface area (Å²) < 4.78 is 24.1. The lowest BCUT2D eigenvalue weighted by Gasteiger charge is -2.35. The second kappa shape index (κ2) is 9.31. The molecule has 2 aromatic carbocycles. The predicted octanol–water partition coefficient (Wildman–Crippen LogP) is 3.16. The van der Waals surface area contributed by atoms with E-state index in [-0.39, 0.29) is 23.5 Å². The number of anilines is 1. The minimum atomic E-state index is -3.06. The molecular formula is C24H30N2O3S. The van der Waals surface area contributed by atoms with Crippen LogP contribution >= 0.6 is 0 Å². The average molecular weight is 427 g/mol. The third kappa shape index (κ3) is 5.29. The van der Waals surface area contributed by atoms with Gasteiger partial charge in [-0.1, -0.05) is 48.5 Å². The van der Waals surface area contributed by atoms with Crippen LogP contribution in [0.4, 0.5) is 5.69 Å². The maximum absolute atomic E-state index is 13.3. The SMILES string of the molecule is O=C(CN1CCC(Cc2ccccc2)CC1)N(c1ccccc1)[C@@H]1CCS(=O)(=O)C1. The van der Waals surface area contributed by atoms with Crippen LogP contribution in [0.15, 0.2) is 60.7 Å². The van der Waals surface area contributed by atoms with Gasteiger partial charge in [0.1, 0.15) is 0 Å². The maximum Gasteiger partial charge on any atom is 0.241 e. The molecule has 0 saturated carbocycles. The van der Waals surface area contributed by atoms with Crippen molar-refractivity contribution in [3.8, 4) is 0 Å². The monoisotopic (exact) mass is 426 g/mol. The Morgan fingerprint density at radius 3 is 2.17 bits per heavy atom. The van der Waals surface area contributed by atoms with Crippen LogP contribution in [-0.4, -0.2) is 56.4 Å². The van der Waals surface area contributed by atoms with E-state index in [0.29, 0.717) is 18.9 Å². The van der Waals surface area contributed by atoms with Crippen LogP contribution in [0.25, 0.3) is 0 Å². The molecule has 2 fully saturated rings. The normalized spacial score (nSPS) is 22.1. The number of hydrogen-bond acceptors (Lipinski definition) is 4. The van der Waals surface area contributed by atoms with E-state index in [9.17, 15) is 13.2 Å². The zero-order valence-electron chi connectivity index (χ0n) is 17.3. The fraction of sp³-hybridized carbons (Fsp3) is 0.458. The molecule has 2 heterocycles. The van der Waals surface area contributed by atoms with Gasteiger partial charge in [-0.15, -0.1) is 0 Å². The molecule has 2 saturated heterocycles. The van der Waals surface area contributed by atoms with Crippen molar-refractivity contribution >= 4 is 21.4 Å². The first-order valence-corrected chi connectivity index (χ1v) is 12.7. The molecule has 0 bridgehead atoms. The molecule has 1 atom stereocenters. The molecule has 0 N–H and O–H groups in total. The minimum Gasteiger partial charge on any atom is -0.307 e. The van der Waals surface area contributed by atoms with Crippen molar-refractivity contribution in [3.05, 3.63) is 66.2 Å². The molecular weight excluding hydrogens is 396 g/mol. The molecule has 0 aromatic heterocycles. The summed E-state index contributed by atoms with van der Waals surface area (Å²) in [4.78, 5) is 17.2. The first-order chi connectivity index (χ1) is 14.5. The summed E-state index contributed by atoms with van der Waals surface area (Å²) in [5.74, 6) is 0.889. The second-order valence-electron chi connectivity index (χ2n) is 8.57. The lowest BCUT2D eigenvalue weighted by atomic mass is 9.90. The number of carbonyl (C=O) groups is 1. The zero-order valence-corrected chi connectivity index (χ0v) is 18.1. The van der Waals surface area contributed by atoms with Crippen molar-refractivity contribution in [3.63, 3.8) is 0 Å². The Morgan fingerprint density at radius 2 is 1.57 bits per heavy atom. The average Bonchev–Trinajstić information content (AvgIpc) is 3.10. The smallest absolute Gasteiger partial charge is 0.241 e. The maximum atomic E-state index is 13.3. The number of benzene rings is 2. The summed E-state index contributed by atoms with van der Waals surface area (Å²) in [6.45, 7) is 2.17. The number of piperidine rings is 1. The summed E-state index contributed by atoms with van der Waals surface area (Å²) >= 11 is 0. The third-order valence-electron chi connectivity index (χ3n) is 6.31. The Labute approximate surface area is 179 Å². The molecule has 0 spiro atoms. The number of rotatable bonds is 6. The summed E-state index contributed by atoms with van der Waals surface area (Å²) in [6.07, 6.45) is 3.79. The Morgan fingerprint density at radius 1 is 0.933 bits per heavy atom. The highest BCUT2D eigenvalue weighted by molar-refractivity contribution is 7.91. The highest BCUT2D eigenvalue weighted by atomic mass is 32.2. The van der Waals surface area contributed by atoms with Crippen molar-refractivity contribution in [1.29, 1.82) is 0 Å². The first-order valence-electron chi connectivity index (χ1n) is 10.8. The molecule has 2 aliphatic rings. The molecule has 1 amide bonds. The minimum absolute atomic E-state index is 0.00445. The van der Waals surface area contributed by atoms with Crippen molar-refractivity contribution in [1.82, 2.24) is 4.90 Å². The lowest BCUT2D eigenvalue weighted by Crippen LogP contribution is -2.48. The third-order valence-corrected chi connectivity index (χ3v) is 8.06. The van der Waals surface area contributed by atoms with E-state index in [0.717, 1.165) is 38.0 Å². The van der Waals surface area contributed by atoms with Gasteiger partial charge in [-0.25, -0.2) is 8.42 Å². The van der Waals surface area contributed by atoms with E-state index in [1.807, 2.05) is 36.4 Å². The standard InChI is InChI=1S/C24H30N2O3S/c27-24(18-25-14-11-21(12-15-25)17-20-7-3-1-4-8-20)26(22-9-5-2-6-10-22)23-13-16-30(28,29)19-23/h1-10,21,23H,11-19H2/t23-/m1/s1. The van der Waals surface area contributed by atoms with Gasteiger partial charge in [0.15, 0.2) is 9.84 Å². The zero-order chi connectivity index (χ0) is 21.0. The van der Waals surface area contributed by atoms with Crippen LogP contribution < -0.4 is 4.90 Å². The number of nitrogens with zero attached hydrogens (tertiary/aromatic N) is 2. The molecule has 160 valence electrons. The van der Waals surface area contributed by atoms with E-state index in [4.69, 9.17) is 0 Å². The van der Waals surface area contributed by atoms with Crippen LogP contribution in [0.3, 0.4) is 0 Å². The quantitative estimate of drug-likeness (QED) is 0.712. The molecule has 6 heteroatoms. The number of likely N-dealkylation sites (tertiary alicyclic amines) is 1.